The third-order valence-corrected chi connectivity index (χ3v) is 5.75. The Kier molecular flexibility index (Phi) is 7.82. The molecular weight excluding hydrogens is 456 g/mol. The maximum absolute atomic E-state index is 12.5. The monoisotopic (exact) mass is 480 g/mol. The van der Waals surface area contributed by atoms with Crippen molar-refractivity contribution in [3.63, 3.8) is 0 Å². The first-order valence-corrected chi connectivity index (χ1v) is 11.8. The molecule has 3 N–H and O–H groups in total. The predicted octanol–water partition coefficient (Wildman–Crippen LogP) is 0.126. The van der Waals surface area contributed by atoms with E-state index in [9.17, 15) is 33.3 Å². The van der Waals surface area contributed by atoms with Crippen molar-refractivity contribution in [3.05, 3.63) is 71.8 Å². The van der Waals surface area contributed by atoms with Gasteiger partial charge >= 0.3 is 11.9 Å². The van der Waals surface area contributed by atoms with Crippen molar-refractivity contribution >= 4 is 22.1 Å². The van der Waals surface area contributed by atoms with E-state index in [2.05, 4.69) is 0 Å². The fourth-order valence-electron chi connectivity index (χ4n) is 3.53. The molecule has 1 saturated carbocycles. The second-order valence-electron chi connectivity index (χ2n) is 7.60. The first kappa shape index (κ1) is 24.8. The average molecular weight is 480 g/mol. The van der Waals surface area contributed by atoms with E-state index in [1.54, 1.807) is 36.4 Å². The van der Waals surface area contributed by atoms with Crippen LogP contribution in [0.1, 0.15) is 20.7 Å². The Labute approximate surface area is 190 Å². The van der Waals surface area contributed by atoms with E-state index in [-0.39, 0.29) is 11.1 Å². The molecule has 0 radical (unpaired) electrons. The van der Waals surface area contributed by atoms with Gasteiger partial charge in [-0.2, -0.15) is 8.42 Å². The number of aliphatic hydroxyl groups excluding tert-OH is 3. The molecule has 178 valence electrons. The average Bonchev–Trinajstić information content (AvgIpc) is 2.79. The van der Waals surface area contributed by atoms with Gasteiger partial charge in [0, 0.05) is 0 Å². The van der Waals surface area contributed by atoms with Gasteiger partial charge in [0.1, 0.15) is 18.3 Å². The van der Waals surface area contributed by atoms with E-state index in [0.717, 1.165) is 0 Å². The fourth-order valence-corrected chi connectivity index (χ4v) is 4.16. The van der Waals surface area contributed by atoms with Gasteiger partial charge < -0.3 is 24.8 Å². The number of esters is 2. The molecule has 1 aliphatic rings. The lowest BCUT2D eigenvalue weighted by Crippen LogP contribution is -2.64. The zero-order valence-corrected chi connectivity index (χ0v) is 18.4. The summed E-state index contributed by atoms with van der Waals surface area (Å²) in [5, 5.41) is 32.0. The topological polar surface area (TPSA) is 157 Å². The van der Waals surface area contributed by atoms with Gasteiger partial charge in [0.15, 0.2) is 6.10 Å². The molecule has 0 aliphatic heterocycles. The quantitative estimate of drug-likeness (QED) is 0.367. The lowest BCUT2D eigenvalue weighted by molar-refractivity contribution is -0.202. The van der Waals surface area contributed by atoms with E-state index < -0.39 is 65.1 Å². The number of hydrogen-bond donors (Lipinski definition) is 3. The number of carbonyl (C=O) groups excluding carboxylic acids is 2. The zero-order valence-electron chi connectivity index (χ0n) is 17.6. The molecule has 2 aromatic carbocycles. The molecule has 0 heterocycles. The molecule has 1 fully saturated rings. The van der Waals surface area contributed by atoms with Gasteiger partial charge in [-0.25, -0.2) is 9.59 Å². The predicted molar refractivity (Wildman–Crippen MR) is 114 cm³/mol. The molecular formula is C22H24O10S. The molecule has 3 rings (SSSR count). The largest absolute Gasteiger partial charge is 0.462 e. The van der Waals surface area contributed by atoms with Crippen LogP contribution in [0.2, 0.25) is 0 Å². The Bertz CT molecular complexity index is 1060. The lowest BCUT2D eigenvalue weighted by Gasteiger charge is -2.44. The summed E-state index contributed by atoms with van der Waals surface area (Å²) in [7, 11) is -4.16. The Morgan fingerprint density at radius 3 is 1.79 bits per heavy atom. The molecule has 10 nitrogen and oxygen atoms in total. The van der Waals surface area contributed by atoms with Crippen molar-refractivity contribution in [3.8, 4) is 0 Å². The molecule has 6 atom stereocenters. The highest BCUT2D eigenvalue weighted by atomic mass is 32.2. The van der Waals surface area contributed by atoms with Crippen LogP contribution in [0, 0.1) is 5.92 Å². The first-order chi connectivity index (χ1) is 15.6. The fraction of sp³-hybridized carbons (Fsp3) is 0.364. The minimum atomic E-state index is -4.16. The third-order valence-electron chi connectivity index (χ3n) is 5.18. The molecule has 0 spiro atoms. The van der Waals surface area contributed by atoms with Crippen molar-refractivity contribution < 1.29 is 47.0 Å². The molecule has 2 aromatic rings. The summed E-state index contributed by atoms with van der Waals surface area (Å²) in [5.41, 5.74) is 0.337. The van der Waals surface area contributed by atoms with Gasteiger partial charge in [0.25, 0.3) is 10.1 Å². The number of aliphatic hydroxyl groups is 3. The Balaban J connectivity index is 1.82. The van der Waals surface area contributed by atoms with Crippen LogP contribution in [0.25, 0.3) is 0 Å². The van der Waals surface area contributed by atoms with Crippen LogP contribution >= 0.6 is 0 Å². The van der Waals surface area contributed by atoms with Crippen molar-refractivity contribution in [1.29, 1.82) is 0 Å². The minimum absolute atomic E-state index is 0.121. The molecule has 33 heavy (non-hydrogen) atoms. The van der Waals surface area contributed by atoms with Crippen LogP contribution in [-0.4, -0.2) is 79.1 Å². The standard InChI is InChI=1S/C22H24O10S/c1-33(28,29)32-20-17(24)15(12-30-21(26)13-8-4-2-5-9-13)16(23)19(18(20)25)31-22(27)14-10-6-3-7-11-14/h2-11,15-20,23-25H,12H2,1H3/t15?,16?,17-,18?,19+,20-/m1/s1. The van der Waals surface area contributed by atoms with Gasteiger partial charge in [-0.15, -0.1) is 0 Å². The summed E-state index contributed by atoms with van der Waals surface area (Å²) < 4.78 is 38.6. The summed E-state index contributed by atoms with van der Waals surface area (Å²) in [5.74, 6) is -2.98. The molecule has 1 aliphatic carbocycles. The SMILES string of the molecule is CS(=O)(=O)O[C@H]1C(O)[C@@H](OC(=O)c2ccccc2)C(O)C(COC(=O)c2ccccc2)[C@H]1O. The second kappa shape index (κ2) is 10.4. The van der Waals surface area contributed by atoms with Crippen molar-refractivity contribution in [2.45, 2.75) is 30.5 Å². The number of ether oxygens (including phenoxy) is 2. The van der Waals surface area contributed by atoms with E-state index in [1.165, 1.54) is 24.3 Å². The van der Waals surface area contributed by atoms with Crippen LogP contribution in [0.3, 0.4) is 0 Å². The van der Waals surface area contributed by atoms with Crippen molar-refractivity contribution in [2.75, 3.05) is 12.9 Å². The molecule has 0 aromatic heterocycles. The molecule has 0 amide bonds. The Hall–Kier alpha value is -2.83. The highest BCUT2D eigenvalue weighted by molar-refractivity contribution is 7.86. The van der Waals surface area contributed by atoms with E-state index in [0.29, 0.717) is 6.26 Å². The highest BCUT2D eigenvalue weighted by Gasteiger charge is 2.53. The summed E-state index contributed by atoms with van der Waals surface area (Å²) in [6.07, 6.45) is -8.10. The molecule has 0 saturated heterocycles. The number of hydrogen-bond acceptors (Lipinski definition) is 10. The van der Waals surface area contributed by atoms with E-state index in [1.807, 2.05) is 0 Å². The van der Waals surface area contributed by atoms with Gasteiger partial charge in [0.2, 0.25) is 0 Å². The maximum atomic E-state index is 12.5. The van der Waals surface area contributed by atoms with Crippen molar-refractivity contribution in [1.82, 2.24) is 0 Å². The van der Waals surface area contributed by atoms with Gasteiger partial charge in [0.05, 0.1) is 36.0 Å². The van der Waals surface area contributed by atoms with E-state index >= 15 is 0 Å². The number of rotatable bonds is 7. The van der Waals surface area contributed by atoms with Gasteiger partial charge in [-0.1, -0.05) is 36.4 Å². The smallest absolute Gasteiger partial charge is 0.338 e. The number of carbonyl (C=O) groups is 2. The summed E-state index contributed by atoms with van der Waals surface area (Å²) in [4.78, 5) is 24.8. The zero-order chi connectivity index (χ0) is 24.2. The van der Waals surface area contributed by atoms with Crippen LogP contribution < -0.4 is 0 Å². The molecule has 11 heteroatoms. The summed E-state index contributed by atoms with van der Waals surface area (Å²) >= 11 is 0. The van der Waals surface area contributed by atoms with E-state index in [4.69, 9.17) is 13.7 Å². The van der Waals surface area contributed by atoms with Gasteiger partial charge in [-0.3, -0.25) is 4.18 Å². The highest BCUT2D eigenvalue weighted by Crippen LogP contribution is 2.32. The maximum Gasteiger partial charge on any atom is 0.338 e. The Morgan fingerprint density at radius 1 is 0.788 bits per heavy atom. The summed E-state index contributed by atoms with van der Waals surface area (Å²) in [6.45, 7) is -0.564. The van der Waals surface area contributed by atoms with Gasteiger partial charge in [-0.05, 0) is 24.3 Å². The molecule has 3 unspecified atom stereocenters. The van der Waals surface area contributed by atoms with Crippen molar-refractivity contribution in [2.24, 2.45) is 5.92 Å². The lowest BCUT2D eigenvalue weighted by atomic mass is 9.78. The normalized spacial score (nSPS) is 27.5. The number of benzene rings is 2. The van der Waals surface area contributed by atoms with Crippen LogP contribution in [0.5, 0.6) is 0 Å². The van der Waals surface area contributed by atoms with Crippen LogP contribution in [0.15, 0.2) is 60.7 Å². The minimum Gasteiger partial charge on any atom is -0.462 e. The summed E-state index contributed by atoms with van der Waals surface area (Å²) in [6, 6.07) is 15.7. The third kappa shape index (κ3) is 6.15. The molecule has 0 bridgehead atoms. The Morgan fingerprint density at radius 2 is 1.27 bits per heavy atom. The van der Waals surface area contributed by atoms with Crippen LogP contribution in [0.4, 0.5) is 0 Å². The second-order valence-corrected chi connectivity index (χ2v) is 9.20. The first-order valence-electron chi connectivity index (χ1n) is 9.99. The van der Waals surface area contributed by atoms with Crippen LogP contribution in [-0.2, 0) is 23.8 Å².